The van der Waals surface area contributed by atoms with E-state index >= 15 is 0 Å². The van der Waals surface area contributed by atoms with Gasteiger partial charge in [0.15, 0.2) is 19.0 Å². The third-order valence-electron chi connectivity index (χ3n) is 5.78. The lowest BCUT2D eigenvalue weighted by atomic mass is 10.1. The molecule has 0 bridgehead atoms. The second-order valence-electron chi connectivity index (χ2n) is 8.19. The highest BCUT2D eigenvalue weighted by Gasteiger charge is 2.34. The number of ketones is 1. The lowest BCUT2D eigenvalue weighted by molar-refractivity contribution is -0.127. The Kier molecular flexibility index (Phi) is 7.36. The molecule has 0 spiro atoms. The van der Waals surface area contributed by atoms with Crippen LogP contribution in [0.4, 0.5) is 5.69 Å². The number of hydrogen-bond acceptors (Lipinski definition) is 5. The van der Waals surface area contributed by atoms with Crippen molar-refractivity contribution in [2.75, 3.05) is 18.1 Å². The first-order valence-electron chi connectivity index (χ1n) is 11.2. The van der Waals surface area contributed by atoms with Gasteiger partial charge in [0.05, 0.1) is 16.8 Å². The van der Waals surface area contributed by atoms with Crippen molar-refractivity contribution in [3.63, 3.8) is 0 Å². The average Bonchev–Trinajstić information content (AvgIpc) is 2.87. The Morgan fingerprint density at radius 1 is 1.06 bits per heavy atom. The summed E-state index contributed by atoms with van der Waals surface area (Å²) in [4.78, 5) is 40.0. The largest absolute Gasteiger partial charge is 0.484 e. The fraction of sp³-hybridized carbons (Fsp3) is 0.222. The van der Waals surface area contributed by atoms with Crippen LogP contribution >= 0.6 is 11.6 Å². The standard InChI is InChI=1S/C27H25ClN2O5/c1-17(19-8-4-3-5-9-19)29-27(33)18(2)30-22-14-20(12-13-25(22)35-16-26(30)32)23(31)15-34-24-11-7-6-10-21(24)28/h3-14,17-18H,15-16H2,1-2H3,(H,29,33). The molecule has 1 heterocycles. The number of hydrogen-bond donors (Lipinski definition) is 1. The fourth-order valence-electron chi connectivity index (χ4n) is 3.83. The highest BCUT2D eigenvalue weighted by molar-refractivity contribution is 6.32. The van der Waals surface area contributed by atoms with Gasteiger partial charge >= 0.3 is 0 Å². The molecule has 35 heavy (non-hydrogen) atoms. The summed E-state index contributed by atoms with van der Waals surface area (Å²) in [5, 5.41) is 3.36. The van der Waals surface area contributed by atoms with Crippen LogP contribution in [-0.4, -0.2) is 36.9 Å². The second kappa shape index (κ2) is 10.6. The number of carbonyl (C=O) groups is 3. The summed E-state index contributed by atoms with van der Waals surface area (Å²) >= 11 is 6.09. The van der Waals surface area contributed by atoms with Gasteiger partial charge in [-0.2, -0.15) is 0 Å². The molecule has 2 unspecified atom stereocenters. The predicted molar refractivity (Wildman–Crippen MR) is 133 cm³/mol. The van der Waals surface area contributed by atoms with Crippen LogP contribution in [0.5, 0.6) is 11.5 Å². The van der Waals surface area contributed by atoms with Gasteiger partial charge in [-0.1, -0.05) is 54.1 Å². The number of ether oxygens (including phenoxy) is 2. The van der Waals surface area contributed by atoms with Gasteiger partial charge in [-0.25, -0.2) is 0 Å². The molecule has 0 fully saturated rings. The van der Waals surface area contributed by atoms with Crippen molar-refractivity contribution in [1.29, 1.82) is 0 Å². The van der Waals surface area contributed by atoms with Crippen molar-refractivity contribution in [2.45, 2.75) is 25.9 Å². The van der Waals surface area contributed by atoms with Crippen molar-refractivity contribution in [3.8, 4) is 11.5 Å². The van der Waals surface area contributed by atoms with Crippen molar-refractivity contribution in [3.05, 3.63) is 88.9 Å². The lowest BCUT2D eigenvalue weighted by Gasteiger charge is -2.34. The van der Waals surface area contributed by atoms with Gasteiger partial charge in [-0.3, -0.25) is 19.3 Å². The summed E-state index contributed by atoms with van der Waals surface area (Å²) in [5.41, 5.74) is 1.64. The Bertz CT molecular complexity index is 1250. The number of para-hydroxylation sites is 1. The molecule has 1 aliphatic rings. The molecule has 8 heteroatoms. The third-order valence-corrected chi connectivity index (χ3v) is 6.09. The zero-order valence-electron chi connectivity index (χ0n) is 19.4. The summed E-state index contributed by atoms with van der Waals surface area (Å²) in [7, 11) is 0. The molecular weight excluding hydrogens is 468 g/mol. The van der Waals surface area contributed by atoms with E-state index in [-0.39, 0.29) is 36.9 Å². The minimum atomic E-state index is -0.818. The highest BCUT2D eigenvalue weighted by Crippen LogP contribution is 2.35. The molecule has 180 valence electrons. The second-order valence-corrected chi connectivity index (χ2v) is 8.60. The number of anilines is 1. The van der Waals surface area contributed by atoms with E-state index in [0.717, 1.165) is 5.56 Å². The number of nitrogens with zero attached hydrogens (tertiary/aromatic N) is 1. The molecule has 0 aromatic heterocycles. The summed E-state index contributed by atoms with van der Waals surface area (Å²) in [6.07, 6.45) is 0. The SMILES string of the molecule is CC(NC(=O)C(C)N1C(=O)COc2ccc(C(=O)COc3ccccc3Cl)cc21)c1ccccc1. The molecule has 3 aromatic carbocycles. The van der Waals surface area contributed by atoms with E-state index in [1.54, 1.807) is 49.4 Å². The van der Waals surface area contributed by atoms with Crippen LogP contribution in [0.2, 0.25) is 5.02 Å². The predicted octanol–water partition coefficient (Wildman–Crippen LogP) is 4.59. The Balaban J connectivity index is 1.51. The van der Waals surface area contributed by atoms with Crippen LogP contribution in [-0.2, 0) is 9.59 Å². The normalized spacial score (nSPS) is 14.4. The van der Waals surface area contributed by atoms with E-state index in [2.05, 4.69) is 5.32 Å². The summed E-state index contributed by atoms with van der Waals surface area (Å²) in [6.45, 7) is 3.10. The minimum Gasteiger partial charge on any atom is -0.484 e. The van der Waals surface area contributed by atoms with E-state index in [0.29, 0.717) is 27.8 Å². The van der Waals surface area contributed by atoms with Crippen LogP contribution in [0.15, 0.2) is 72.8 Å². The maximum absolute atomic E-state index is 13.0. The van der Waals surface area contributed by atoms with Crippen molar-refractivity contribution in [2.24, 2.45) is 0 Å². The van der Waals surface area contributed by atoms with Gasteiger partial charge in [0, 0.05) is 5.56 Å². The fourth-order valence-corrected chi connectivity index (χ4v) is 4.02. The Hall–Kier alpha value is -3.84. The van der Waals surface area contributed by atoms with E-state index in [4.69, 9.17) is 21.1 Å². The molecule has 1 aliphatic heterocycles. The lowest BCUT2D eigenvalue weighted by Crippen LogP contribution is -2.51. The van der Waals surface area contributed by atoms with Gasteiger partial charge in [-0.05, 0) is 49.7 Å². The van der Waals surface area contributed by atoms with Crippen LogP contribution in [0.1, 0.15) is 35.8 Å². The number of fused-ring (bicyclic) bond motifs is 1. The van der Waals surface area contributed by atoms with Gasteiger partial charge in [0.1, 0.15) is 17.5 Å². The number of carbonyl (C=O) groups excluding carboxylic acids is 3. The zero-order valence-corrected chi connectivity index (χ0v) is 20.1. The monoisotopic (exact) mass is 492 g/mol. The third kappa shape index (κ3) is 5.46. The van der Waals surface area contributed by atoms with Crippen LogP contribution < -0.4 is 19.7 Å². The number of Topliss-reactive ketones (excluding diaryl/α,β-unsaturated/α-hetero) is 1. The minimum absolute atomic E-state index is 0.193. The highest BCUT2D eigenvalue weighted by atomic mass is 35.5. The smallest absolute Gasteiger partial charge is 0.265 e. The molecule has 1 N–H and O–H groups in total. The molecule has 0 saturated heterocycles. The number of halogens is 1. The first-order chi connectivity index (χ1) is 16.8. The molecule has 2 amide bonds. The van der Waals surface area contributed by atoms with E-state index in [9.17, 15) is 14.4 Å². The summed E-state index contributed by atoms with van der Waals surface area (Å²) in [5.74, 6) is -0.173. The number of amides is 2. The quantitative estimate of drug-likeness (QED) is 0.465. The number of benzene rings is 3. The van der Waals surface area contributed by atoms with E-state index in [1.807, 2.05) is 37.3 Å². The molecule has 0 aliphatic carbocycles. The molecular formula is C27H25ClN2O5. The molecule has 4 rings (SSSR count). The molecule has 0 saturated carbocycles. The van der Waals surface area contributed by atoms with Crippen molar-refractivity contribution in [1.82, 2.24) is 5.32 Å². The maximum atomic E-state index is 13.0. The first-order valence-corrected chi connectivity index (χ1v) is 11.6. The molecule has 0 radical (unpaired) electrons. The van der Waals surface area contributed by atoms with Gasteiger partial charge in [0.2, 0.25) is 5.91 Å². The molecule has 2 atom stereocenters. The van der Waals surface area contributed by atoms with Crippen LogP contribution in [0.3, 0.4) is 0 Å². The maximum Gasteiger partial charge on any atom is 0.265 e. The molecule has 7 nitrogen and oxygen atoms in total. The summed E-state index contributed by atoms with van der Waals surface area (Å²) < 4.78 is 11.1. The summed E-state index contributed by atoms with van der Waals surface area (Å²) in [6, 6.07) is 20.1. The van der Waals surface area contributed by atoms with Gasteiger partial charge in [0.25, 0.3) is 5.91 Å². The number of nitrogens with one attached hydrogen (secondary N) is 1. The average molecular weight is 493 g/mol. The van der Waals surface area contributed by atoms with E-state index in [1.165, 1.54) is 4.90 Å². The Morgan fingerprint density at radius 2 is 1.77 bits per heavy atom. The van der Waals surface area contributed by atoms with Gasteiger partial charge < -0.3 is 14.8 Å². The molecule has 3 aromatic rings. The van der Waals surface area contributed by atoms with Gasteiger partial charge in [-0.15, -0.1) is 0 Å². The zero-order chi connectivity index (χ0) is 24.9. The Labute approximate surface area is 208 Å². The van der Waals surface area contributed by atoms with E-state index < -0.39 is 6.04 Å². The topological polar surface area (TPSA) is 84.9 Å². The first kappa shape index (κ1) is 24.3. The van der Waals surface area contributed by atoms with Crippen LogP contribution in [0.25, 0.3) is 0 Å². The van der Waals surface area contributed by atoms with Crippen molar-refractivity contribution >= 4 is 34.9 Å². The van der Waals surface area contributed by atoms with Crippen LogP contribution in [0, 0.1) is 0 Å². The van der Waals surface area contributed by atoms with Crippen molar-refractivity contribution < 1.29 is 23.9 Å². The Morgan fingerprint density at radius 3 is 2.51 bits per heavy atom. The number of rotatable bonds is 8.